The number of benzene rings is 1. The minimum atomic E-state index is -5.08. The summed E-state index contributed by atoms with van der Waals surface area (Å²) < 4.78 is 65.8. The van der Waals surface area contributed by atoms with Crippen LogP contribution in [0.2, 0.25) is 5.02 Å². The predicted octanol–water partition coefficient (Wildman–Crippen LogP) is 2.28. The van der Waals surface area contributed by atoms with Crippen molar-refractivity contribution in [2.24, 2.45) is 0 Å². The summed E-state index contributed by atoms with van der Waals surface area (Å²) in [5.74, 6) is -2.52. The fourth-order valence-electron chi connectivity index (χ4n) is 4.35. The molecule has 0 aromatic heterocycles. The first kappa shape index (κ1) is 32.1. The summed E-state index contributed by atoms with van der Waals surface area (Å²) in [6.45, 7) is 7.25. The van der Waals surface area contributed by atoms with E-state index in [1.54, 1.807) is 17.0 Å². The van der Waals surface area contributed by atoms with Gasteiger partial charge in [-0.05, 0) is 44.1 Å². The summed E-state index contributed by atoms with van der Waals surface area (Å²) in [6, 6.07) is 4.73. The van der Waals surface area contributed by atoms with E-state index in [1.807, 2.05) is 0 Å². The van der Waals surface area contributed by atoms with Gasteiger partial charge in [-0.3, -0.25) is 9.69 Å². The Kier molecular flexibility index (Phi) is 12.1. The van der Waals surface area contributed by atoms with Crippen molar-refractivity contribution in [3.8, 4) is 5.75 Å². The molecule has 2 heterocycles. The second-order valence-corrected chi connectivity index (χ2v) is 11.1. The lowest BCUT2D eigenvalue weighted by Crippen LogP contribution is -2.48. The maximum absolute atomic E-state index is 13.7. The third-order valence-corrected chi connectivity index (χ3v) is 8.47. The third kappa shape index (κ3) is 8.97. The molecule has 1 unspecified atom stereocenters. The second-order valence-electron chi connectivity index (χ2n) is 8.77. The van der Waals surface area contributed by atoms with Gasteiger partial charge in [0.1, 0.15) is 10.6 Å². The first-order valence-corrected chi connectivity index (χ1v) is 14.0. The largest absolute Gasteiger partial charge is 0.495 e. The number of carboxylic acids is 1. The number of nitrogens with one attached hydrogen (secondary N) is 1. The van der Waals surface area contributed by atoms with Gasteiger partial charge >= 0.3 is 12.1 Å². The van der Waals surface area contributed by atoms with Crippen molar-refractivity contribution in [2.75, 3.05) is 59.5 Å². The number of carboxylic acid groups (broad SMARTS) is 1. The number of amides is 1. The van der Waals surface area contributed by atoms with E-state index in [2.05, 4.69) is 17.1 Å². The van der Waals surface area contributed by atoms with Gasteiger partial charge in [0.25, 0.3) is 0 Å². The van der Waals surface area contributed by atoms with Gasteiger partial charge in [-0.2, -0.15) is 17.5 Å². The summed E-state index contributed by atoms with van der Waals surface area (Å²) in [6.07, 6.45) is -2.94. The lowest BCUT2D eigenvalue weighted by molar-refractivity contribution is -0.192. The fraction of sp³-hybridized carbons (Fsp3) is 0.652. The van der Waals surface area contributed by atoms with Crippen LogP contribution >= 0.6 is 11.6 Å². The van der Waals surface area contributed by atoms with Gasteiger partial charge in [-0.1, -0.05) is 18.5 Å². The number of hydrogen-bond acceptors (Lipinski definition) is 7. The van der Waals surface area contributed by atoms with Crippen LogP contribution in [0.1, 0.15) is 26.2 Å². The van der Waals surface area contributed by atoms with E-state index in [9.17, 15) is 26.4 Å². The highest BCUT2D eigenvalue weighted by atomic mass is 35.5. The molecular weight excluding hydrogens is 553 g/mol. The van der Waals surface area contributed by atoms with Gasteiger partial charge in [0.15, 0.2) is 0 Å². The lowest BCUT2D eigenvalue weighted by atomic mass is 10.2. The Bertz CT molecular complexity index is 1050. The molecule has 10 nitrogen and oxygen atoms in total. The summed E-state index contributed by atoms with van der Waals surface area (Å²) in [5, 5.41) is 10.7. The molecule has 0 bridgehead atoms. The molecule has 0 saturated carbocycles. The Balaban J connectivity index is 0.000000638. The van der Waals surface area contributed by atoms with Crippen LogP contribution in [0.15, 0.2) is 23.1 Å². The molecule has 2 N–H and O–H groups in total. The van der Waals surface area contributed by atoms with Crippen LogP contribution in [0.5, 0.6) is 5.75 Å². The van der Waals surface area contributed by atoms with Gasteiger partial charge in [-0.15, -0.1) is 0 Å². The van der Waals surface area contributed by atoms with Crippen molar-refractivity contribution in [1.29, 1.82) is 0 Å². The van der Waals surface area contributed by atoms with E-state index in [-0.39, 0.29) is 35.6 Å². The summed E-state index contributed by atoms with van der Waals surface area (Å²) in [5.41, 5.74) is 0. The molecule has 1 atom stereocenters. The molecule has 2 aliphatic rings. The Morgan fingerprint density at radius 1 is 1.24 bits per heavy atom. The molecule has 0 aliphatic carbocycles. The van der Waals surface area contributed by atoms with E-state index in [0.29, 0.717) is 24.7 Å². The normalized spacial score (nSPS) is 18.7. The highest BCUT2D eigenvalue weighted by Gasteiger charge is 2.38. The second kappa shape index (κ2) is 14.3. The number of sulfonamides is 1. The van der Waals surface area contributed by atoms with Crippen LogP contribution in [0.4, 0.5) is 13.2 Å². The van der Waals surface area contributed by atoms with Gasteiger partial charge in [0, 0.05) is 56.8 Å². The van der Waals surface area contributed by atoms with Gasteiger partial charge in [-0.25, -0.2) is 13.2 Å². The van der Waals surface area contributed by atoms with Crippen LogP contribution in [-0.4, -0.2) is 111 Å². The highest BCUT2D eigenvalue weighted by Crippen LogP contribution is 2.31. The number of hydrogen-bond donors (Lipinski definition) is 2. The summed E-state index contributed by atoms with van der Waals surface area (Å²) in [4.78, 5) is 25.8. The number of likely N-dealkylation sites (tertiary alicyclic amines) is 1. The molecule has 2 saturated heterocycles. The molecule has 15 heteroatoms. The van der Waals surface area contributed by atoms with Crippen molar-refractivity contribution >= 4 is 33.5 Å². The number of halogens is 4. The van der Waals surface area contributed by atoms with Crippen LogP contribution in [0.3, 0.4) is 0 Å². The van der Waals surface area contributed by atoms with E-state index in [4.69, 9.17) is 26.2 Å². The molecule has 1 aromatic rings. The molecule has 0 radical (unpaired) electrons. The molecule has 216 valence electrons. The molecule has 38 heavy (non-hydrogen) atoms. The van der Waals surface area contributed by atoms with Crippen molar-refractivity contribution in [3.05, 3.63) is 23.2 Å². The number of methoxy groups -OCH3 is 1. The van der Waals surface area contributed by atoms with Crippen molar-refractivity contribution in [3.63, 3.8) is 0 Å². The number of piperazine rings is 1. The number of nitrogens with zero attached hydrogens (tertiary/aromatic N) is 3. The van der Waals surface area contributed by atoms with Crippen LogP contribution in [0, 0.1) is 0 Å². The number of alkyl halides is 3. The van der Waals surface area contributed by atoms with Crippen LogP contribution in [-0.2, 0) is 19.6 Å². The number of likely N-dealkylation sites (N-methyl/N-ethyl adjacent to an activating group) is 1. The Labute approximate surface area is 225 Å². The van der Waals surface area contributed by atoms with Crippen molar-refractivity contribution < 1.29 is 41.0 Å². The number of rotatable bonds is 9. The maximum Gasteiger partial charge on any atom is 0.490 e. The zero-order chi connectivity index (χ0) is 28.5. The predicted molar refractivity (Wildman–Crippen MR) is 135 cm³/mol. The van der Waals surface area contributed by atoms with E-state index in [0.717, 1.165) is 39.0 Å². The van der Waals surface area contributed by atoms with Crippen LogP contribution < -0.4 is 10.1 Å². The molecule has 1 aromatic carbocycles. The standard InChI is InChI=1S/C21H33ClN4O4S.C2HF3O2/c1-3-24-11-4-5-18(24)16-26(12-8-21(27)25-13-9-23-10-14-25)31(28,29)20-15-17(22)6-7-19(20)30-2;3-2(4,5)1(6)7/h6-7,15,18,23H,3-5,8-14,16H2,1-2H3;(H,6,7). The van der Waals surface area contributed by atoms with Crippen molar-refractivity contribution in [2.45, 2.75) is 43.3 Å². The minimum Gasteiger partial charge on any atom is -0.495 e. The Morgan fingerprint density at radius 2 is 1.87 bits per heavy atom. The first-order valence-electron chi connectivity index (χ1n) is 12.2. The zero-order valence-electron chi connectivity index (χ0n) is 21.3. The topological polar surface area (TPSA) is 119 Å². The minimum absolute atomic E-state index is 0.0153. The first-order chi connectivity index (χ1) is 17.8. The van der Waals surface area contributed by atoms with E-state index < -0.39 is 22.2 Å². The molecule has 1 amide bonds. The monoisotopic (exact) mass is 586 g/mol. The van der Waals surface area contributed by atoms with Crippen LogP contribution in [0.25, 0.3) is 0 Å². The molecular formula is C23H34ClF3N4O6S. The SMILES string of the molecule is CCN1CCCC1CN(CCC(=O)N1CCNCC1)S(=O)(=O)c1cc(Cl)ccc1OC.O=C(O)C(F)(F)F. The molecule has 3 rings (SSSR count). The number of carbonyl (C=O) groups excluding carboxylic acids is 1. The van der Waals surface area contributed by atoms with Crippen molar-refractivity contribution in [1.82, 2.24) is 19.4 Å². The lowest BCUT2D eigenvalue weighted by Gasteiger charge is -2.31. The molecule has 2 aliphatic heterocycles. The smallest absolute Gasteiger partial charge is 0.490 e. The highest BCUT2D eigenvalue weighted by molar-refractivity contribution is 7.89. The van der Waals surface area contributed by atoms with Gasteiger partial charge in [0.05, 0.1) is 7.11 Å². The summed E-state index contributed by atoms with van der Waals surface area (Å²) in [7, 11) is -2.46. The third-order valence-electron chi connectivity index (χ3n) is 6.35. The average Bonchev–Trinajstić information content (AvgIpc) is 3.33. The average molecular weight is 587 g/mol. The molecule has 0 spiro atoms. The Morgan fingerprint density at radius 3 is 2.42 bits per heavy atom. The maximum atomic E-state index is 13.7. The van der Waals surface area contributed by atoms with Gasteiger partial charge in [0.2, 0.25) is 15.9 Å². The van der Waals surface area contributed by atoms with Gasteiger partial charge < -0.3 is 20.1 Å². The summed E-state index contributed by atoms with van der Waals surface area (Å²) >= 11 is 6.12. The quantitative estimate of drug-likeness (QED) is 0.452. The zero-order valence-corrected chi connectivity index (χ0v) is 22.9. The number of aliphatic carboxylic acids is 1. The molecule has 2 fully saturated rings. The number of ether oxygens (including phenoxy) is 1. The number of carbonyl (C=O) groups is 2. The fourth-order valence-corrected chi connectivity index (χ4v) is 6.24. The van der Waals surface area contributed by atoms with E-state index >= 15 is 0 Å². The van der Waals surface area contributed by atoms with E-state index in [1.165, 1.54) is 17.5 Å². The Hall–Kier alpha value is -2.13.